The summed E-state index contributed by atoms with van der Waals surface area (Å²) in [6.07, 6.45) is 1.70. The number of nitrogens with zero attached hydrogens (tertiary/aromatic N) is 2. The SMILES string of the molecule is CC(C(=O)Nc1cc(Cl)cc(Cl)c1)n1ncc2ccc(N)cc21. The molecule has 7 heteroatoms. The molecule has 1 heterocycles. The average molecular weight is 349 g/mol. The van der Waals surface area contributed by atoms with Crippen LogP contribution in [-0.4, -0.2) is 15.7 Å². The normalized spacial score (nSPS) is 12.3. The lowest BCUT2D eigenvalue weighted by Crippen LogP contribution is -2.24. The number of halogens is 2. The zero-order valence-electron chi connectivity index (χ0n) is 12.3. The van der Waals surface area contributed by atoms with Crippen LogP contribution < -0.4 is 11.1 Å². The third kappa shape index (κ3) is 3.25. The van der Waals surface area contributed by atoms with Crippen molar-refractivity contribution in [3.63, 3.8) is 0 Å². The van der Waals surface area contributed by atoms with Crippen LogP contribution in [0.1, 0.15) is 13.0 Å². The van der Waals surface area contributed by atoms with Crippen molar-refractivity contribution in [1.82, 2.24) is 9.78 Å². The van der Waals surface area contributed by atoms with Gasteiger partial charge >= 0.3 is 0 Å². The van der Waals surface area contributed by atoms with Gasteiger partial charge < -0.3 is 11.1 Å². The van der Waals surface area contributed by atoms with Crippen molar-refractivity contribution >= 4 is 51.4 Å². The molecule has 0 radical (unpaired) electrons. The lowest BCUT2D eigenvalue weighted by atomic mass is 10.2. The molecule has 3 aromatic rings. The number of aromatic nitrogens is 2. The lowest BCUT2D eigenvalue weighted by molar-refractivity contribution is -0.118. The molecule has 1 atom stereocenters. The molecule has 0 saturated carbocycles. The minimum atomic E-state index is -0.521. The Labute approximate surface area is 143 Å². The molecule has 0 aliphatic rings. The summed E-state index contributed by atoms with van der Waals surface area (Å²) in [6.45, 7) is 1.76. The van der Waals surface area contributed by atoms with E-state index < -0.39 is 6.04 Å². The second-order valence-corrected chi connectivity index (χ2v) is 6.10. The lowest BCUT2D eigenvalue weighted by Gasteiger charge is -2.14. The maximum Gasteiger partial charge on any atom is 0.248 e. The van der Waals surface area contributed by atoms with Gasteiger partial charge in [-0.1, -0.05) is 23.2 Å². The second kappa shape index (κ2) is 6.10. The fourth-order valence-corrected chi connectivity index (χ4v) is 2.87. The monoisotopic (exact) mass is 348 g/mol. The number of hydrogen-bond acceptors (Lipinski definition) is 3. The fraction of sp³-hybridized carbons (Fsp3) is 0.125. The van der Waals surface area contributed by atoms with E-state index >= 15 is 0 Å². The zero-order valence-corrected chi connectivity index (χ0v) is 13.8. The third-order valence-corrected chi connectivity index (χ3v) is 3.94. The summed E-state index contributed by atoms with van der Waals surface area (Å²) in [4.78, 5) is 12.5. The highest BCUT2D eigenvalue weighted by Crippen LogP contribution is 2.24. The molecule has 0 spiro atoms. The smallest absolute Gasteiger partial charge is 0.248 e. The maximum atomic E-state index is 12.5. The molecule has 118 valence electrons. The highest BCUT2D eigenvalue weighted by molar-refractivity contribution is 6.35. The molecule has 0 bridgehead atoms. The summed E-state index contributed by atoms with van der Waals surface area (Å²) in [5.74, 6) is -0.226. The van der Waals surface area contributed by atoms with Crippen LogP contribution in [-0.2, 0) is 4.79 Å². The van der Waals surface area contributed by atoms with E-state index in [4.69, 9.17) is 28.9 Å². The number of nitrogens with two attached hydrogens (primary N) is 1. The minimum Gasteiger partial charge on any atom is -0.399 e. The number of rotatable bonds is 3. The van der Waals surface area contributed by atoms with E-state index in [1.165, 1.54) is 0 Å². The number of carbonyl (C=O) groups excluding carboxylic acids is 1. The number of anilines is 2. The number of benzene rings is 2. The van der Waals surface area contributed by atoms with Gasteiger partial charge in [-0.15, -0.1) is 0 Å². The summed E-state index contributed by atoms with van der Waals surface area (Å²) in [5, 5.41) is 8.91. The number of nitrogens with one attached hydrogen (secondary N) is 1. The summed E-state index contributed by atoms with van der Waals surface area (Å²) in [5.41, 5.74) is 7.77. The molecule has 1 unspecified atom stereocenters. The fourth-order valence-electron chi connectivity index (χ4n) is 2.35. The number of hydrogen-bond donors (Lipinski definition) is 2. The van der Waals surface area contributed by atoms with Crippen molar-refractivity contribution in [2.75, 3.05) is 11.1 Å². The van der Waals surface area contributed by atoms with Gasteiger partial charge in [-0.05, 0) is 43.3 Å². The number of carbonyl (C=O) groups is 1. The van der Waals surface area contributed by atoms with Gasteiger partial charge in [0.1, 0.15) is 6.04 Å². The van der Waals surface area contributed by atoms with E-state index in [0.29, 0.717) is 21.4 Å². The zero-order chi connectivity index (χ0) is 16.6. The van der Waals surface area contributed by atoms with Gasteiger partial charge in [0.15, 0.2) is 0 Å². The van der Waals surface area contributed by atoms with E-state index in [-0.39, 0.29) is 5.91 Å². The molecule has 0 saturated heterocycles. The van der Waals surface area contributed by atoms with Crippen molar-refractivity contribution in [2.24, 2.45) is 0 Å². The van der Waals surface area contributed by atoms with Gasteiger partial charge in [0.2, 0.25) is 5.91 Å². The molecule has 0 fully saturated rings. The van der Waals surface area contributed by atoms with E-state index in [9.17, 15) is 4.79 Å². The molecule has 23 heavy (non-hydrogen) atoms. The first kappa shape index (κ1) is 15.6. The van der Waals surface area contributed by atoms with E-state index in [1.54, 1.807) is 48.1 Å². The van der Waals surface area contributed by atoms with Gasteiger partial charge in [0.05, 0.1) is 11.7 Å². The predicted octanol–water partition coefficient (Wildman–Crippen LogP) is 4.13. The molecule has 2 aromatic carbocycles. The molecule has 5 nitrogen and oxygen atoms in total. The van der Waals surface area contributed by atoms with E-state index in [1.807, 2.05) is 6.07 Å². The van der Waals surface area contributed by atoms with Crippen LogP contribution in [0.2, 0.25) is 10.0 Å². The van der Waals surface area contributed by atoms with Gasteiger partial charge in [-0.25, -0.2) is 0 Å². The molecule has 3 N–H and O–H groups in total. The maximum absolute atomic E-state index is 12.5. The highest BCUT2D eigenvalue weighted by Gasteiger charge is 2.18. The van der Waals surface area contributed by atoms with Crippen LogP contribution in [0.4, 0.5) is 11.4 Å². The quantitative estimate of drug-likeness (QED) is 0.699. The van der Waals surface area contributed by atoms with Crippen molar-refractivity contribution in [3.05, 3.63) is 52.6 Å². The number of fused-ring (bicyclic) bond motifs is 1. The Balaban J connectivity index is 1.87. The summed E-state index contributed by atoms with van der Waals surface area (Å²) >= 11 is 11.9. The molecule has 1 aromatic heterocycles. The first-order chi connectivity index (χ1) is 10.9. The van der Waals surface area contributed by atoms with Crippen molar-refractivity contribution in [2.45, 2.75) is 13.0 Å². The Kier molecular flexibility index (Phi) is 4.15. The molecular formula is C16H14Cl2N4O. The first-order valence-corrected chi connectivity index (χ1v) is 7.69. The Hall–Kier alpha value is -2.24. The van der Waals surface area contributed by atoms with Crippen LogP contribution in [0.25, 0.3) is 10.9 Å². The Bertz CT molecular complexity index is 871. The molecule has 3 rings (SSSR count). The summed E-state index contributed by atoms with van der Waals surface area (Å²) in [7, 11) is 0. The van der Waals surface area contributed by atoms with Crippen LogP contribution in [0, 0.1) is 0 Å². The summed E-state index contributed by atoms with van der Waals surface area (Å²) < 4.78 is 1.63. The van der Waals surface area contributed by atoms with Crippen LogP contribution in [0.3, 0.4) is 0 Å². The Morgan fingerprint density at radius 3 is 2.61 bits per heavy atom. The van der Waals surface area contributed by atoms with Gasteiger partial charge in [-0.3, -0.25) is 9.48 Å². The molecule has 0 aliphatic carbocycles. The highest BCUT2D eigenvalue weighted by atomic mass is 35.5. The summed E-state index contributed by atoms with van der Waals surface area (Å²) in [6, 6.07) is 9.82. The average Bonchev–Trinajstić information content (AvgIpc) is 2.88. The van der Waals surface area contributed by atoms with Gasteiger partial charge in [0, 0.05) is 26.8 Å². The van der Waals surface area contributed by atoms with Gasteiger partial charge in [-0.2, -0.15) is 5.10 Å². The van der Waals surface area contributed by atoms with Crippen LogP contribution >= 0.6 is 23.2 Å². The van der Waals surface area contributed by atoms with Crippen molar-refractivity contribution < 1.29 is 4.79 Å². The first-order valence-electron chi connectivity index (χ1n) is 6.94. The topological polar surface area (TPSA) is 72.9 Å². The Morgan fingerprint density at radius 2 is 1.91 bits per heavy atom. The second-order valence-electron chi connectivity index (χ2n) is 5.23. The van der Waals surface area contributed by atoms with E-state index in [0.717, 1.165) is 10.9 Å². The van der Waals surface area contributed by atoms with Crippen LogP contribution in [0.15, 0.2) is 42.6 Å². The van der Waals surface area contributed by atoms with Crippen LogP contribution in [0.5, 0.6) is 0 Å². The minimum absolute atomic E-state index is 0.226. The van der Waals surface area contributed by atoms with E-state index in [2.05, 4.69) is 10.4 Å². The third-order valence-electron chi connectivity index (χ3n) is 3.50. The number of amides is 1. The van der Waals surface area contributed by atoms with Crippen molar-refractivity contribution in [3.8, 4) is 0 Å². The largest absolute Gasteiger partial charge is 0.399 e. The van der Waals surface area contributed by atoms with Crippen molar-refractivity contribution in [1.29, 1.82) is 0 Å². The van der Waals surface area contributed by atoms with Gasteiger partial charge in [0.25, 0.3) is 0 Å². The Morgan fingerprint density at radius 1 is 1.22 bits per heavy atom. The standard InChI is InChI=1S/C16H14Cl2N4O/c1-9(16(23)21-14-5-11(17)4-12(18)6-14)22-15-7-13(19)3-2-10(15)8-20-22/h2-9H,19H2,1H3,(H,21,23). The predicted molar refractivity (Wildman–Crippen MR) is 93.9 cm³/mol. The molecule has 1 amide bonds. The number of nitrogen functional groups attached to an aromatic ring is 1. The molecular weight excluding hydrogens is 335 g/mol. The molecule has 0 aliphatic heterocycles.